The molecule has 0 saturated heterocycles. The second-order valence-corrected chi connectivity index (χ2v) is 4.39. The molecule has 0 heterocycles. The third-order valence-corrected chi connectivity index (χ3v) is 2.58. The Labute approximate surface area is 107 Å². The standard InChI is InChI=1S/C11H22N4O3/c1-4-5-8(10(13)14-18)11(17)15(7(2)3)6-9(12)16/h7-8,18H,4-6H2,1-3H3,(H2,12,16)(H2,13,14). The minimum atomic E-state index is -0.721. The van der Waals surface area contributed by atoms with E-state index in [2.05, 4.69) is 5.16 Å². The van der Waals surface area contributed by atoms with Crippen LogP contribution >= 0.6 is 0 Å². The molecule has 0 fully saturated rings. The predicted octanol–water partition coefficient (Wildman–Crippen LogP) is -0.129. The fourth-order valence-corrected chi connectivity index (χ4v) is 1.64. The van der Waals surface area contributed by atoms with E-state index in [1.54, 1.807) is 13.8 Å². The first-order valence-electron chi connectivity index (χ1n) is 5.91. The highest BCUT2D eigenvalue weighted by Crippen LogP contribution is 2.13. The number of rotatable bonds is 7. The SMILES string of the molecule is CCCC(C(=O)N(CC(N)=O)C(C)C)/C(N)=N/O. The third kappa shape index (κ3) is 4.60. The normalized spacial score (nSPS) is 13.4. The lowest BCUT2D eigenvalue weighted by Crippen LogP contribution is -2.48. The Morgan fingerprint density at radius 2 is 1.89 bits per heavy atom. The highest BCUT2D eigenvalue weighted by atomic mass is 16.4. The second kappa shape index (κ2) is 7.52. The maximum Gasteiger partial charge on any atom is 0.237 e. The van der Waals surface area contributed by atoms with Crippen LogP contribution < -0.4 is 11.5 Å². The van der Waals surface area contributed by atoms with Crippen LogP contribution in [0.25, 0.3) is 0 Å². The van der Waals surface area contributed by atoms with Gasteiger partial charge in [-0.25, -0.2) is 0 Å². The molecule has 5 N–H and O–H groups in total. The van der Waals surface area contributed by atoms with E-state index in [9.17, 15) is 9.59 Å². The maximum atomic E-state index is 12.3. The summed E-state index contributed by atoms with van der Waals surface area (Å²) in [4.78, 5) is 24.5. The van der Waals surface area contributed by atoms with Crippen molar-refractivity contribution in [3.05, 3.63) is 0 Å². The van der Waals surface area contributed by atoms with Crippen LogP contribution in [-0.2, 0) is 9.59 Å². The van der Waals surface area contributed by atoms with Gasteiger partial charge in [0.1, 0.15) is 0 Å². The lowest BCUT2D eigenvalue weighted by molar-refractivity contribution is -0.138. The van der Waals surface area contributed by atoms with Gasteiger partial charge in [0.2, 0.25) is 11.8 Å². The number of oxime groups is 1. The summed E-state index contributed by atoms with van der Waals surface area (Å²) in [5.74, 6) is -1.80. The van der Waals surface area contributed by atoms with Crippen molar-refractivity contribution in [2.24, 2.45) is 22.5 Å². The van der Waals surface area contributed by atoms with Gasteiger partial charge in [-0.2, -0.15) is 0 Å². The molecule has 18 heavy (non-hydrogen) atoms. The molecule has 104 valence electrons. The summed E-state index contributed by atoms with van der Waals surface area (Å²) in [6.45, 7) is 5.26. The molecular weight excluding hydrogens is 236 g/mol. The molecule has 0 aliphatic heterocycles. The summed E-state index contributed by atoms with van der Waals surface area (Å²) in [5.41, 5.74) is 10.6. The zero-order chi connectivity index (χ0) is 14.3. The van der Waals surface area contributed by atoms with Crippen LogP contribution in [0.15, 0.2) is 5.16 Å². The van der Waals surface area contributed by atoms with E-state index < -0.39 is 11.8 Å². The summed E-state index contributed by atoms with van der Waals surface area (Å²) in [6.07, 6.45) is 1.16. The molecule has 0 radical (unpaired) electrons. The van der Waals surface area contributed by atoms with Crippen LogP contribution in [0.5, 0.6) is 0 Å². The first-order valence-corrected chi connectivity index (χ1v) is 5.91. The fourth-order valence-electron chi connectivity index (χ4n) is 1.64. The number of hydrogen-bond donors (Lipinski definition) is 3. The Morgan fingerprint density at radius 1 is 1.33 bits per heavy atom. The van der Waals surface area contributed by atoms with Crippen LogP contribution in [0.3, 0.4) is 0 Å². The Morgan fingerprint density at radius 3 is 2.22 bits per heavy atom. The molecule has 1 unspecified atom stereocenters. The van der Waals surface area contributed by atoms with Gasteiger partial charge in [0, 0.05) is 6.04 Å². The van der Waals surface area contributed by atoms with Crippen molar-refractivity contribution in [3.63, 3.8) is 0 Å². The van der Waals surface area contributed by atoms with Crippen LogP contribution in [0.4, 0.5) is 0 Å². The number of primary amides is 1. The van der Waals surface area contributed by atoms with E-state index >= 15 is 0 Å². The van der Waals surface area contributed by atoms with E-state index in [4.69, 9.17) is 16.7 Å². The highest BCUT2D eigenvalue weighted by Gasteiger charge is 2.29. The molecule has 1 atom stereocenters. The van der Waals surface area contributed by atoms with Crippen molar-refractivity contribution in [2.45, 2.75) is 39.7 Å². The maximum absolute atomic E-state index is 12.3. The van der Waals surface area contributed by atoms with Crippen molar-refractivity contribution in [1.29, 1.82) is 0 Å². The van der Waals surface area contributed by atoms with Gasteiger partial charge in [-0.05, 0) is 20.3 Å². The molecule has 7 nitrogen and oxygen atoms in total. The second-order valence-electron chi connectivity index (χ2n) is 4.39. The summed E-state index contributed by atoms with van der Waals surface area (Å²) >= 11 is 0. The number of amides is 2. The number of carbonyl (C=O) groups excluding carboxylic acids is 2. The van der Waals surface area contributed by atoms with E-state index in [-0.39, 0.29) is 24.3 Å². The predicted molar refractivity (Wildman–Crippen MR) is 67.9 cm³/mol. The average molecular weight is 258 g/mol. The van der Waals surface area contributed by atoms with E-state index in [1.807, 2.05) is 6.92 Å². The van der Waals surface area contributed by atoms with Crippen molar-refractivity contribution in [1.82, 2.24) is 4.90 Å². The monoisotopic (exact) mass is 258 g/mol. The first kappa shape index (κ1) is 16.2. The number of carbonyl (C=O) groups is 2. The van der Waals surface area contributed by atoms with Gasteiger partial charge in [-0.1, -0.05) is 18.5 Å². The van der Waals surface area contributed by atoms with Crippen LogP contribution in [-0.4, -0.2) is 40.3 Å². The number of nitrogens with zero attached hydrogens (tertiary/aromatic N) is 2. The molecule has 7 heteroatoms. The minimum absolute atomic E-state index is 0.142. The molecule has 0 rings (SSSR count). The zero-order valence-corrected chi connectivity index (χ0v) is 11.1. The number of amidine groups is 1. The lowest BCUT2D eigenvalue weighted by atomic mass is 10.00. The van der Waals surface area contributed by atoms with E-state index in [0.29, 0.717) is 12.8 Å². The Balaban J connectivity index is 5.06. The van der Waals surface area contributed by atoms with Crippen molar-refractivity contribution in [3.8, 4) is 0 Å². The molecule has 0 bridgehead atoms. The van der Waals surface area contributed by atoms with Gasteiger partial charge in [-0.15, -0.1) is 0 Å². The Hall–Kier alpha value is -1.79. The first-order chi connectivity index (χ1) is 8.34. The fraction of sp³-hybridized carbons (Fsp3) is 0.727. The molecule has 0 saturated carbocycles. The molecule has 0 aliphatic rings. The molecule has 0 aromatic carbocycles. The van der Waals surface area contributed by atoms with E-state index in [1.165, 1.54) is 4.90 Å². The van der Waals surface area contributed by atoms with Gasteiger partial charge in [0.15, 0.2) is 5.84 Å². The third-order valence-electron chi connectivity index (χ3n) is 2.58. The molecule has 0 aromatic heterocycles. The lowest BCUT2D eigenvalue weighted by Gasteiger charge is -2.29. The molecule has 0 spiro atoms. The van der Waals surface area contributed by atoms with Crippen molar-refractivity contribution < 1.29 is 14.8 Å². The summed E-state index contributed by atoms with van der Waals surface area (Å²) in [6, 6.07) is -0.184. The average Bonchev–Trinajstić information content (AvgIpc) is 2.30. The van der Waals surface area contributed by atoms with Crippen molar-refractivity contribution >= 4 is 17.6 Å². The topological polar surface area (TPSA) is 122 Å². The van der Waals surface area contributed by atoms with Crippen LogP contribution in [0.2, 0.25) is 0 Å². The highest BCUT2D eigenvalue weighted by molar-refractivity contribution is 6.02. The smallest absolute Gasteiger partial charge is 0.237 e. The molecule has 2 amide bonds. The zero-order valence-electron chi connectivity index (χ0n) is 11.1. The number of hydrogen-bond acceptors (Lipinski definition) is 4. The molecule has 0 aromatic rings. The van der Waals surface area contributed by atoms with Gasteiger partial charge < -0.3 is 21.6 Å². The van der Waals surface area contributed by atoms with Crippen molar-refractivity contribution in [2.75, 3.05) is 6.54 Å². The van der Waals surface area contributed by atoms with Gasteiger partial charge in [0.05, 0.1) is 12.5 Å². The quantitative estimate of drug-likeness (QED) is 0.255. The number of nitrogens with two attached hydrogens (primary N) is 2. The minimum Gasteiger partial charge on any atom is -0.409 e. The molecular formula is C11H22N4O3. The summed E-state index contributed by atoms with van der Waals surface area (Å²) < 4.78 is 0. The summed E-state index contributed by atoms with van der Waals surface area (Å²) in [5, 5.41) is 11.6. The molecule has 0 aliphatic carbocycles. The van der Waals surface area contributed by atoms with Crippen LogP contribution in [0, 0.1) is 5.92 Å². The van der Waals surface area contributed by atoms with Gasteiger partial charge in [0.25, 0.3) is 0 Å². The Kier molecular flexibility index (Phi) is 6.77. The van der Waals surface area contributed by atoms with E-state index in [0.717, 1.165) is 0 Å². The largest absolute Gasteiger partial charge is 0.409 e. The van der Waals surface area contributed by atoms with Crippen LogP contribution in [0.1, 0.15) is 33.6 Å². The van der Waals surface area contributed by atoms with Gasteiger partial charge >= 0.3 is 0 Å². The van der Waals surface area contributed by atoms with Gasteiger partial charge in [-0.3, -0.25) is 9.59 Å². The Bertz CT molecular complexity index is 328. The summed E-state index contributed by atoms with van der Waals surface area (Å²) in [7, 11) is 0.